The molecule has 0 aromatic rings. The number of alkyl carbamates (subject to hydrolysis) is 1. The number of amides is 1. The highest BCUT2D eigenvalue weighted by Gasteiger charge is 2.26. The van der Waals surface area contributed by atoms with E-state index in [4.69, 9.17) is 4.74 Å². The number of nitrogens with one attached hydrogen (secondary N) is 3. The SMILES string of the molecule is CCNC(=NCC(NC(=O)OC(C)(C)C)C(C)C)NCCC(F)(F)F. The largest absolute Gasteiger partial charge is 0.444 e. The summed E-state index contributed by atoms with van der Waals surface area (Å²) in [4.78, 5) is 16.1. The van der Waals surface area contributed by atoms with E-state index in [0.29, 0.717) is 6.54 Å². The first-order valence-corrected chi connectivity index (χ1v) is 8.42. The minimum atomic E-state index is -4.22. The number of halogens is 3. The summed E-state index contributed by atoms with van der Waals surface area (Å²) in [6, 6.07) is -0.298. The van der Waals surface area contributed by atoms with Crippen molar-refractivity contribution in [2.75, 3.05) is 19.6 Å². The van der Waals surface area contributed by atoms with Gasteiger partial charge >= 0.3 is 12.3 Å². The third kappa shape index (κ3) is 13.3. The van der Waals surface area contributed by atoms with Crippen LogP contribution in [0.4, 0.5) is 18.0 Å². The first kappa shape index (κ1) is 23.3. The van der Waals surface area contributed by atoms with E-state index in [1.807, 2.05) is 20.8 Å². The molecule has 0 saturated carbocycles. The van der Waals surface area contributed by atoms with Gasteiger partial charge in [-0.25, -0.2) is 4.79 Å². The molecule has 0 heterocycles. The average molecular weight is 368 g/mol. The number of rotatable bonds is 7. The van der Waals surface area contributed by atoms with Crippen LogP contribution in [-0.2, 0) is 4.74 Å². The summed E-state index contributed by atoms with van der Waals surface area (Å²) < 4.78 is 41.9. The number of nitrogens with zero attached hydrogens (tertiary/aromatic N) is 1. The Morgan fingerprint density at radius 2 is 1.76 bits per heavy atom. The Bertz CT molecular complexity index is 432. The van der Waals surface area contributed by atoms with Crippen LogP contribution in [-0.4, -0.2) is 49.5 Å². The van der Waals surface area contributed by atoms with E-state index < -0.39 is 24.3 Å². The van der Waals surface area contributed by atoms with Crippen LogP contribution >= 0.6 is 0 Å². The summed E-state index contributed by atoms with van der Waals surface area (Å²) in [6.45, 7) is 11.4. The molecule has 25 heavy (non-hydrogen) atoms. The predicted molar refractivity (Wildman–Crippen MR) is 92.6 cm³/mol. The lowest BCUT2D eigenvalue weighted by molar-refractivity contribution is -0.132. The van der Waals surface area contributed by atoms with E-state index in [1.54, 1.807) is 20.8 Å². The second-order valence-electron chi connectivity index (χ2n) is 7.01. The van der Waals surface area contributed by atoms with Crippen LogP contribution in [0.2, 0.25) is 0 Å². The molecule has 0 rings (SSSR count). The fourth-order valence-electron chi connectivity index (χ4n) is 1.74. The zero-order valence-electron chi connectivity index (χ0n) is 15.9. The molecule has 0 aliphatic carbocycles. The molecule has 6 nitrogen and oxygen atoms in total. The lowest BCUT2D eigenvalue weighted by Gasteiger charge is -2.25. The molecule has 0 bridgehead atoms. The third-order valence-corrected chi connectivity index (χ3v) is 3.00. The van der Waals surface area contributed by atoms with Crippen LogP contribution in [0, 0.1) is 5.92 Å². The van der Waals surface area contributed by atoms with Crippen LogP contribution in [0.1, 0.15) is 48.0 Å². The summed E-state index contributed by atoms with van der Waals surface area (Å²) >= 11 is 0. The third-order valence-electron chi connectivity index (χ3n) is 3.00. The molecule has 3 N–H and O–H groups in total. The summed E-state index contributed by atoms with van der Waals surface area (Å²) in [5.74, 6) is 0.359. The highest BCUT2D eigenvalue weighted by molar-refractivity contribution is 5.79. The maximum absolute atomic E-state index is 12.2. The minimum Gasteiger partial charge on any atom is -0.444 e. The Morgan fingerprint density at radius 3 is 2.20 bits per heavy atom. The van der Waals surface area contributed by atoms with Crippen molar-refractivity contribution < 1.29 is 22.7 Å². The van der Waals surface area contributed by atoms with Crippen LogP contribution in [0.15, 0.2) is 4.99 Å². The molecule has 0 saturated heterocycles. The second kappa shape index (κ2) is 10.4. The van der Waals surface area contributed by atoms with Crippen molar-refractivity contribution in [3.63, 3.8) is 0 Å². The van der Waals surface area contributed by atoms with Crippen LogP contribution in [0.5, 0.6) is 0 Å². The Kier molecular flexibility index (Phi) is 9.66. The molecule has 1 atom stereocenters. The number of carbonyl (C=O) groups excluding carboxylic acids is 1. The molecule has 1 unspecified atom stereocenters. The van der Waals surface area contributed by atoms with Gasteiger partial charge in [-0.1, -0.05) is 13.8 Å². The summed E-state index contributed by atoms with van der Waals surface area (Å²) in [7, 11) is 0. The normalized spacial score (nSPS) is 14.2. The zero-order chi connectivity index (χ0) is 19.7. The van der Waals surface area contributed by atoms with Gasteiger partial charge < -0.3 is 20.7 Å². The molecule has 0 fully saturated rings. The van der Waals surface area contributed by atoms with Gasteiger partial charge in [0.2, 0.25) is 0 Å². The summed E-state index contributed by atoms with van der Waals surface area (Å²) in [5.41, 5.74) is -0.608. The van der Waals surface area contributed by atoms with Crippen molar-refractivity contribution in [3.8, 4) is 0 Å². The van der Waals surface area contributed by atoms with Gasteiger partial charge in [-0.3, -0.25) is 4.99 Å². The highest BCUT2D eigenvalue weighted by Crippen LogP contribution is 2.18. The van der Waals surface area contributed by atoms with Crippen LogP contribution in [0.3, 0.4) is 0 Å². The number of ether oxygens (including phenoxy) is 1. The predicted octanol–water partition coefficient (Wildman–Crippen LogP) is 3.04. The van der Waals surface area contributed by atoms with Crippen molar-refractivity contribution in [1.82, 2.24) is 16.0 Å². The maximum Gasteiger partial charge on any atom is 0.407 e. The molecule has 148 valence electrons. The van der Waals surface area contributed by atoms with Crippen molar-refractivity contribution in [2.45, 2.75) is 65.8 Å². The van der Waals surface area contributed by atoms with Gasteiger partial charge in [-0.15, -0.1) is 0 Å². The van der Waals surface area contributed by atoms with Crippen LogP contribution in [0.25, 0.3) is 0 Å². The molecule has 0 aliphatic rings. The molecule has 1 amide bonds. The van der Waals surface area contributed by atoms with Gasteiger partial charge in [0, 0.05) is 13.1 Å². The molecule has 0 aromatic heterocycles. The Balaban J connectivity index is 4.72. The molecule has 0 aliphatic heterocycles. The topological polar surface area (TPSA) is 74.8 Å². The van der Waals surface area contributed by atoms with Gasteiger partial charge in [-0.2, -0.15) is 13.2 Å². The average Bonchev–Trinajstić information content (AvgIpc) is 2.39. The molecule has 0 spiro atoms. The van der Waals surface area contributed by atoms with E-state index >= 15 is 0 Å². The zero-order valence-corrected chi connectivity index (χ0v) is 15.9. The smallest absolute Gasteiger partial charge is 0.407 e. The summed E-state index contributed by atoms with van der Waals surface area (Å²) in [6.07, 6.45) is -5.71. The number of hydrogen-bond donors (Lipinski definition) is 3. The van der Waals surface area contributed by atoms with Gasteiger partial charge in [0.05, 0.1) is 19.0 Å². The molecule has 0 radical (unpaired) electrons. The van der Waals surface area contributed by atoms with E-state index in [9.17, 15) is 18.0 Å². The van der Waals surface area contributed by atoms with E-state index in [2.05, 4.69) is 20.9 Å². The van der Waals surface area contributed by atoms with Gasteiger partial charge in [0.25, 0.3) is 0 Å². The monoisotopic (exact) mass is 368 g/mol. The maximum atomic E-state index is 12.2. The fraction of sp³-hybridized carbons (Fsp3) is 0.875. The van der Waals surface area contributed by atoms with E-state index in [-0.39, 0.29) is 31.0 Å². The standard InChI is InChI=1S/C16H31F3N4O2/c1-7-20-13(21-9-8-16(17,18)19)22-10-12(11(2)3)23-14(24)25-15(4,5)6/h11-12H,7-10H2,1-6H3,(H,23,24)(H2,20,21,22). The van der Waals surface area contributed by atoms with E-state index in [1.165, 1.54) is 0 Å². The lowest BCUT2D eigenvalue weighted by Crippen LogP contribution is -2.45. The van der Waals surface area contributed by atoms with Gasteiger partial charge in [0.1, 0.15) is 5.60 Å². The van der Waals surface area contributed by atoms with Crippen molar-refractivity contribution in [2.24, 2.45) is 10.9 Å². The Labute approximate surface area is 148 Å². The first-order chi connectivity index (χ1) is 11.3. The number of guanidine groups is 1. The summed E-state index contributed by atoms with van der Waals surface area (Å²) in [5, 5.41) is 8.27. The number of hydrogen-bond acceptors (Lipinski definition) is 3. The highest BCUT2D eigenvalue weighted by atomic mass is 19.4. The Hall–Kier alpha value is -1.67. The van der Waals surface area contributed by atoms with E-state index in [0.717, 1.165) is 0 Å². The lowest BCUT2D eigenvalue weighted by atomic mass is 10.1. The number of carbonyl (C=O) groups is 1. The fourth-order valence-corrected chi connectivity index (χ4v) is 1.74. The number of aliphatic imine (C=N–C) groups is 1. The second-order valence-corrected chi connectivity index (χ2v) is 7.01. The van der Waals surface area contributed by atoms with Crippen LogP contribution < -0.4 is 16.0 Å². The van der Waals surface area contributed by atoms with Crippen molar-refractivity contribution in [1.29, 1.82) is 0 Å². The van der Waals surface area contributed by atoms with Gasteiger partial charge in [0.15, 0.2) is 5.96 Å². The van der Waals surface area contributed by atoms with Crippen molar-refractivity contribution >= 4 is 12.1 Å². The Morgan fingerprint density at radius 1 is 1.16 bits per heavy atom. The molecule has 9 heteroatoms. The molecular formula is C16H31F3N4O2. The quantitative estimate of drug-likeness (QED) is 0.477. The first-order valence-electron chi connectivity index (χ1n) is 8.42. The number of alkyl halides is 3. The van der Waals surface area contributed by atoms with Crippen molar-refractivity contribution in [3.05, 3.63) is 0 Å². The molecule has 0 aromatic carbocycles. The minimum absolute atomic E-state index is 0.0781. The van der Waals surface area contributed by atoms with Gasteiger partial charge in [-0.05, 0) is 33.6 Å². The molecular weight excluding hydrogens is 337 g/mol.